The lowest BCUT2D eigenvalue weighted by atomic mass is 10.1. The van der Waals surface area contributed by atoms with E-state index in [1.54, 1.807) is 6.92 Å². The normalized spacial score (nSPS) is 14.2. The van der Waals surface area contributed by atoms with Gasteiger partial charge in [0.15, 0.2) is 0 Å². The molecule has 1 aromatic carbocycles. The lowest BCUT2D eigenvalue weighted by Gasteiger charge is -2.06. The monoisotopic (exact) mass is 286 g/mol. The first-order valence-electron chi connectivity index (χ1n) is 6.49. The predicted molar refractivity (Wildman–Crippen MR) is 74.2 cm³/mol. The number of benzene rings is 1. The van der Waals surface area contributed by atoms with E-state index < -0.39 is 0 Å². The molecule has 3 rings (SSSR count). The van der Waals surface area contributed by atoms with Gasteiger partial charge in [0.1, 0.15) is 6.07 Å². The molecule has 1 aromatic heterocycles. The average molecular weight is 286 g/mol. The summed E-state index contributed by atoms with van der Waals surface area (Å²) in [6.45, 7) is 2.55. The van der Waals surface area contributed by atoms with Crippen molar-refractivity contribution in [1.29, 1.82) is 5.26 Å². The van der Waals surface area contributed by atoms with Gasteiger partial charge in [0, 0.05) is 24.4 Å². The summed E-state index contributed by atoms with van der Waals surface area (Å²) in [7, 11) is 0. The molecule has 1 fully saturated rings. The maximum Gasteiger partial charge on any atom is 0.281 e. The molecule has 6 heteroatoms. The van der Waals surface area contributed by atoms with E-state index in [0.29, 0.717) is 22.7 Å². The largest absolute Gasteiger partial charge is 0.416 e. The van der Waals surface area contributed by atoms with Crippen LogP contribution in [0.15, 0.2) is 32.7 Å². The Kier molecular flexibility index (Phi) is 3.72. The predicted octanol–water partition coefficient (Wildman–Crippen LogP) is 2.65. The number of nitrogens with one attached hydrogen (secondary N) is 1. The summed E-state index contributed by atoms with van der Waals surface area (Å²) in [6, 6.07) is 8.78. The Labute approximate surface area is 121 Å². The summed E-state index contributed by atoms with van der Waals surface area (Å²) < 4.78 is 5.32. The maximum atomic E-state index is 9.27. The average Bonchev–Trinajstić information content (AvgIpc) is 3.20. The molecule has 1 heterocycles. The van der Waals surface area contributed by atoms with Crippen LogP contribution in [0.3, 0.4) is 0 Å². The third kappa shape index (κ3) is 3.18. The number of hydrogen-bond donors (Lipinski definition) is 1. The fourth-order valence-corrected chi connectivity index (χ4v) is 2.61. The van der Waals surface area contributed by atoms with E-state index in [0.717, 1.165) is 17.0 Å². The first kappa shape index (κ1) is 13.2. The number of hydrogen-bond acceptors (Lipinski definition) is 6. The molecule has 1 saturated carbocycles. The van der Waals surface area contributed by atoms with Gasteiger partial charge in [-0.1, -0.05) is 6.07 Å². The van der Waals surface area contributed by atoms with E-state index in [1.165, 1.54) is 24.6 Å². The summed E-state index contributed by atoms with van der Waals surface area (Å²) in [5.74, 6) is 0.524. The standard InChI is InChI=1S/C14H14N4OS/c1-9-17-18-14(19-9)20-13-5-2-10(6-11(13)7-15)8-16-12-3-4-12/h2,5-6,12,16H,3-4,8H2,1H3. The molecule has 0 bridgehead atoms. The summed E-state index contributed by atoms with van der Waals surface area (Å²) >= 11 is 1.32. The molecule has 5 nitrogen and oxygen atoms in total. The van der Waals surface area contributed by atoms with Gasteiger partial charge in [-0.25, -0.2) is 0 Å². The van der Waals surface area contributed by atoms with Gasteiger partial charge >= 0.3 is 0 Å². The van der Waals surface area contributed by atoms with Crippen molar-refractivity contribution in [3.63, 3.8) is 0 Å². The second kappa shape index (κ2) is 5.65. The molecule has 2 aromatic rings. The van der Waals surface area contributed by atoms with Crippen LogP contribution in [0.5, 0.6) is 0 Å². The van der Waals surface area contributed by atoms with Crippen LogP contribution in [0.2, 0.25) is 0 Å². The Morgan fingerprint density at radius 2 is 2.30 bits per heavy atom. The first-order valence-corrected chi connectivity index (χ1v) is 7.30. The van der Waals surface area contributed by atoms with Crippen molar-refractivity contribution in [3.8, 4) is 6.07 Å². The molecule has 0 radical (unpaired) electrons. The quantitative estimate of drug-likeness (QED) is 0.910. The van der Waals surface area contributed by atoms with Crippen molar-refractivity contribution in [2.24, 2.45) is 0 Å². The van der Waals surface area contributed by atoms with Gasteiger partial charge in [-0.3, -0.25) is 0 Å². The van der Waals surface area contributed by atoms with E-state index >= 15 is 0 Å². The highest BCUT2D eigenvalue weighted by Crippen LogP contribution is 2.30. The van der Waals surface area contributed by atoms with Crippen LogP contribution in [-0.2, 0) is 6.54 Å². The summed E-state index contributed by atoms with van der Waals surface area (Å²) in [5.41, 5.74) is 1.76. The van der Waals surface area contributed by atoms with Crippen molar-refractivity contribution in [2.75, 3.05) is 0 Å². The van der Waals surface area contributed by atoms with E-state index in [-0.39, 0.29) is 0 Å². The zero-order valence-corrected chi connectivity index (χ0v) is 11.9. The fourth-order valence-electron chi connectivity index (χ4n) is 1.83. The Morgan fingerprint density at radius 3 is 2.95 bits per heavy atom. The van der Waals surface area contributed by atoms with E-state index in [9.17, 15) is 5.26 Å². The SMILES string of the molecule is Cc1nnc(Sc2ccc(CNC3CC3)cc2C#N)o1. The smallest absolute Gasteiger partial charge is 0.281 e. The van der Waals surface area contributed by atoms with E-state index in [1.807, 2.05) is 18.2 Å². The van der Waals surface area contributed by atoms with Crippen LogP contribution in [-0.4, -0.2) is 16.2 Å². The summed E-state index contributed by atoms with van der Waals surface area (Å²) in [5, 5.41) is 20.9. The lowest BCUT2D eigenvalue weighted by molar-refractivity contribution is 0.429. The highest BCUT2D eigenvalue weighted by molar-refractivity contribution is 7.99. The van der Waals surface area contributed by atoms with Crippen molar-refractivity contribution in [1.82, 2.24) is 15.5 Å². The van der Waals surface area contributed by atoms with Gasteiger partial charge in [0.05, 0.1) is 5.56 Å². The molecule has 0 unspecified atom stereocenters. The van der Waals surface area contributed by atoms with Gasteiger partial charge in [0.25, 0.3) is 5.22 Å². The number of aromatic nitrogens is 2. The van der Waals surface area contributed by atoms with Gasteiger partial charge in [-0.15, -0.1) is 10.2 Å². The van der Waals surface area contributed by atoms with Crippen LogP contribution in [0.4, 0.5) is 0 Å². The van der Waals surface area contributed by atoms with E-state index in [4.69, 9.17) is 4.42 Å². The molecule has 1 aliphatic carbocycles. The zero-order chi connectivity index (χ0) is 13.9. The van der Waals surface area contributed by atoms with Crippen molar-refractivity contribution >= 4 is 11.8 Å². The van der Waals surface area contributed by atoms with Gasteiger partial charge in [-0.2, -0.15) is 5.26 Å². The topological polar surface area (TPSA) is 74.7 Å². The molecule has 0 aliphatic heterocycles. The van der Waals surface area contributed by atoms with Crippen LogP contribution >= 0.6 is 11.8 Å². The Balaban J connectivity index is 1.74. The minimum atomic E-state index is 0.461. The number of aryl methyl sites for hydroxylation is 1. The highest BCUT2D eigenvalue weighted by atomic mass is 32.2. The van der Waals surface area contributed by atoms with Gasteiger partial charge in [-0.05, 0) is 42.3 Å². The van der Waals surface area contributed by atoms with Gasteiger partial charge in [0.2, 0.25) is 5.89 Å². The second-order valence-electron chi connectivity index (χ2n) is 4.79. The Bertz CT molecular complexity index is 657. The third-order valence-corrected chi connectivity index (χ3v) is 3.96. The molecule has 102 valence electrons. The Hall–Kier alpha value is -1.84. The number of rotatable bonds is 5. The summed E-state index contributed by atoms with van der Waals surface area (Å²) in [4.78, 5) is 0.839. The molecule has 0 amide bonds. The molecule has 0 saturated heterocycles. The fraction of sp³-hybridized carbons (Fsp3) is 0.357. The van der Waals surface area contributed by atoms with Crippen LogP contribution in [0.25, 0.3) is 0 Å². The number of nitrogens with zero attached hydrogens (tertiary/aromatic N) is 3. The molecule has 1 N–H and O–H groups in total. The maximum absolute atomic E-state index is 9.27. The van der Waals surface area contributed by atoms with Gasteiger partial charge < -0.3 is 9.73 Å². The molecule has 0 spiro atoms. The molecular weight excluding hydrogens is 272 g/mol. The lowest BCUT2D eigenvalue weighted by Crippen LogP contribution is -2.15. The minimum absolute atomic E-state index is 0.461. The summed E-state index contributed by atoms with van der Waals surface area (Å²) in [6.07, 6.45) is 2.52. The van der Waals surface area contributed by atoms with Crippen molar-refractivity contribution in [3.05, 3.63) is 35.2 Å². The van der Waals surface area contributed by atoms with Crippen LogP contribution < -0.4 is 5.32 Å². The molecule has 1 aliphatic rings. The zero-order valence-electron chi connectivity index (χ0n) is 11.1. The third-order valence-electron chi connectivity index (χ3n) is 3.04. The highest BCUT2D eigenvalue weighted by Gasteiger charge is 2.20. The molecular formula is C14H14N4OS. The minimum Gasteiger partial charge on any atom is -0.416 e. The van der Waals surface area contributed by atoms with Crippen LogP contribution in [0, 0.1) is 18.3 Å². The Morgan fingerprint density at radius 1 is 1.45 bits per heavy atom. The van der Waals surface area contributed by atoms with Crippen molar-refractivity contribution in [2.45, 2.75) is 42.5 Å². The number of nitriles is 1. The van der Waals surface area contributed by atoms with Crippen LogP contribution in [0.1, 0.15) is 29.9 Å². The first-order chi connectivity index (χ1) is 9.74. The molecule has 0 atom stereocenters. The molecule has 20 heavy (non-hydrogen) atoms. The van der Waals surface area contributed by atoms with Crippen molar-refractivity contribution < 1.29 is 4.42 Å². The second-order valence-corrected chi connectivity index (χ2v) is 5.78. The van der Waals surface area contributed by atoms with E-state index in [2.05, 4.69) is 21.6 Å².